The third-order valence-electron chi connectivity index (χ3n) is 2.00. The summed E-state index contributed by atoms with van der Waals surface area (Å²) in [5.74, 6) is -1.08. The lowest BCUT2D eigenvalue weighted by Gasteiger charge is -2.07. The molecule has 1 aromatic carbocycles. The summed E-state index contributed by atoms with van der Waals surface area (Å²) in [7, 11) is 0. The molecule has 2 aromatic rings. The molecule has 0 atom stereocenters. The van der Waals surface area contributed by atoms with E-state index in [0.717, 1.165) is 4.47 Å². The minimum atomic E-state index is -1.08. The zero-order chi connectivity index (χ0) is 11.7. The van der Waals surface area contributed by atoms with E-state index in [1.165, 1.54) is 10.7 Å². The van der Waals surface area contributed by atoms with Crippen LogP contribution in [0.4, 0.5) is 0 Å². The molecule has 1 heterocycles. The lowest BCUT2D eigenvalue weighted by molar-refractivity contribution is 0.0697. The van der Waals surface area contributed by atoms with Crippen LogP contribution in [0.25, 0.3) is 5.69 Å². The summed E-state index contributed by atoms with van der Waals surface area (Å²) in [6.07, 6.45) is 3.24. The van der Waals surface area contributed by atoms with Gasteiger partial charge in [-0.05, 0) is 28.1 Å². The highest BCUT2D eigenvalue weighted by Gasteiger charge is 2.15. The van der Waals surface area contributed by atoms with Gasteiger partial charge in [0, 0.05) is 6.20 Å². The monoisotopic (exact) mass is 300 g/mol. The van der Waals surface area contributed by atoms with Crippen molar-refractivity contribution in [2.75, 3.05) is 0 Å². The van der Waals surface area contributed by atoms with Crippen molar-refractivity contribution < 1.29 is 9.90 Å². The molecule has 0 bridgehead atoms. The molecule has 0 amide bonds. The standard InChI is InChI=1S/C10H6BrClN2O2/c11-6-4-13-14(5-6)8-3-1-2-7(12)9(8)10(15)16/h1-5H,(H,15,16). The maximum absolute atomic E-state index is 11.1. The average molecular weight is 302 g/mol. The summed E-state index contributed by atoms with van der Waals surface area (Å²) in [5, 5.41) is 13.3. The number of hydrogen-bond donors (Lipinski definition) is 1. The van der Waals surface area contributed by atoms with Crippen molar-refractivity contribution in [3.05, 3.63) is 45.7 Å². The highest BCUT2D eigenvalue weighted by molar-refractivity contribution is 9.10. The third kappa shape index (κ3) is 1.96. The molecule has 0 saturated carbocycles. The number of carboxylic acid groups (broad SMARTS) is 1. The fourth-order valence-corrected chi connectivity index (χ4v) is 1.88. The number of halogens is 2. The Kier molecular flexibility index (Phi) is 2.98. The molecule has 4 nitrogen and oxygen atoms in total. The number of hydrogen-bond acceptors (Lipinski definition) is 2. The summed E-state index contributed by atoms with van der Waals surface area (Å²) in [4.78, 5) is 11.1. The Bertz CT molecular complexity index is 554. The normalized spacial score (nSPS) is 10.4. The minimum absolute atomic E-state index is 0.0415. The molecule has 0 aliphatic carbocycles. The number of carboxylic acids is 1. The Morgan fingerprint density at radius 2 is 2.25 bits per heavy atom. The van der Waals surface area contributed by atoms with Gasteiger partial charge in [0.1, 0.15) is 5.56 Å². The topological polar surface area (TPSA) is 55.1 Å². The van der Waals surface area contributed by atoms with E-state index in [-0.39, 0.29) is 10.6 Å². The van der Waals surface area contributed by atoms with Crippen molar-refractivity contribution in [1.29, 1.82) is 0 Å². The zero-order valence-electron chi connectivity index (χ0n) is 7.89. The Hall–Kier alpha value is -1.33. The van der Waals surface area contributed by atoms with Gasteiger partial charge in [-0.2, -0.15) is 5.10 Å². The maximum Gasteiger partial charge on any atom is 0.339 e. The van der Waals surface area contributed by atoms with Gasteiger partial charge in [-0.25, -0.2) is 9.48 Å². The quantitative estimate of drug-likeness (QED) is 0.927. The molecule has 2 rings (SSSR count). The number of aromatic nitrogens is 2. The van der Waals surface area contributed by atoms with Crippen LogP contribution in [0, 0.1) is 0 Å². The molecule has 0 radical (unpaired) electrons. The highest BCUT2D eigenvalue weighted by atomic mass is 79.9. The van der Waals surface area contributed by atoms with Crippen molar-refractivity contribution in [2.45, 2.75) is 0 Å². The van der Waals surface area contributed by atoms with E-state index in [2.05, 4.69) is 21.0 Å². The predicted molar refractivity (Wildman–Crippen MR) is 63.2 cm³/mol. The molecule has 1 N–H and O–H groups in total. The van der Waals surface area contributed by atoms with E-state index < -0.39 is 5.97 Å². The maximum atomic E-state index is 11.1. The van der Waals surface area contributed by atoms with Crippen molar-refractivity contribution in [2.24, 2.45) is 0 Å². The highest BCUT2D eigenvalue weighted by Crippen LogP contribution is 2.23. The van der Waals surface area contributed by atoms with E-state index in [0.29, 0.717) is 5.69 Å². The van der Waals surface area contributed by atoms with Crippen molar-refractivity contribution >= 4 is 33.5 Å². The Labute approximate surface area is 105 Å². The predicted octanol–water partition coefficient (Wildman–Crippen LogP) is 2.99. The lowest BCUT2D eigenvalue weighted by Crippen LogP contribution is -2.06. The number of benzene rings is 1. The van der Waals surface area contributed by atoms with Gasteiger partial charge in [0.2, 0.25) is 0 Å². The zero-order valence-corrected chi connectivity index (χ0v) is 10.2. The van der Waals surface area contributed by atoms with E-state index in [1.54, 1.807) is 24.5 Å². The summed E-state index contributed by atoms with van der Waals surface area (Å²) in [6, 6.07) is 4.86. The molecule has 0 saturated heterocycles. The number of aromatic carboxylic acids is 1. The van der Waals surface area contributed by atoms with Crippen molar-refractivity contribution in [3.63, 3.8) is 0 Å². The van der Waals surface area contributed by atoms with Gasteiger partial charge in [-0.1, -0.05) is 17.7 Å². The van der Waals surface area contributed by atoms with Gasteiger partial charge in [-0.15, -0.1) is 0 Å². The molecule has 0 fully saturated rings. The first-order valence-corrected chi connectivity index (χ1v) is 5.49. The van der Waals surface area contributed by atoms with Crippen LogP contribution in [0.3, 0.4) is 0 Å². The Balaban J connectivity index is 2.65. The summed E-state index contributed by atoms with van der Waals surface area (Å²) in [6.45, 7) is 0. The Morgan fingerprint density at radius 1 is 1.50 bits per heavy atom. The van der Waals surface area contributed by atoms with Gasteiger partial charge in [-0.3, -0.25) is 0 Å². The third-order valence-corrected chi connectivity index (χ3v) is 2.73. The van der Waals surface area contributed by atoms with Crippen LogP contribution in [0.2, 0.25) is 5.02 Å². The second-order valence-corrected chi connectivity index (χ2v) is 4.37. The van der Waals surface area contributed by atoms with Crippen LogP contribution < -0.4 is 0 Å². The number of nitrogens with zero attached hydrogens (tertiary/aromatic N) is 2. The fourth-order valence-electron chi connectivity index (χ4n) is 1.35. The van der Waals surface area contributed by atoms with E-state index in [4.69, 9.17) is 16.7 Å². The van der Waals surface area contributed by atoms with Crippen LogP contribution in [0.15, 0.2) is 35.1 Å². The van der Waals surface area contributed by atoms with E-state index >= 15 is 0 Å². The summed E-state index contributed by atoms with van der Waals surface area (Å²) < 4.78 is 2.23. The van der Waals surface area contributed by atoms with Crippen molar-refractivity contribution in [1.82, 2.24) is 9.78 Å². The number of carbonyl (C=O) groups is 1. The minimum Gasteiger partial charge on any atom is -0.478 e. The molecule has 0 aliphatic heterocycles. The van der Waals surface area contributed by atoms with E-state index in [1.807, 2.05) is 0 Å². The summed E-state index contributed by atoms with van der Waals surface area (Å²) >= 11 is 9.09. The van der Waals surface area contributed by atoms with Crippen LogP contribution in [0.1, 0.15) is 10.4 Å². The smallest absolute Gasteiger partial charge is 0.339 e. The SMILES string of the molecule is O=C(O)c1c(Cl)cccc1-n1cc(Br)cn1. The van der Waals surface area contributed by atoms with E-state index in [9.17, 15) is 4.79 Å². The molecule has 0 aliphatic rings. The molecule has 82 valence electrons. The molecule has 0 unspecified atom stereocenters. The molecule has 0 spiro atoms. The van der Waals surface area contributed by atoms with Crippen LogP contribution in [-0.2, 0) is 0 Å². The van der Waals surface area contributed by atoms with Crippen LogP contribution >= 0.6 is 27.5 Å². The summed E-state index contributed by atoms with van der Waals surface area (Å²) in [5.41, 5.74) is 0.477. The van der Waals surface area contributed by atoms with Crippen LogP contribution in [0.5, 0.6) is 0 Å². The number of rotatable bonds is 2. The second kappa shape index (κ2) is 4.27. The largest absolute Gasteiger partial charge is 0.478 e. The Morgan fingerprint density at radius 3 is 2.81 bits per heavy atom. The van der Waals surface area contributed by atoms with Gasteiger partial charge in [0.25, 0.3) is 0 Å². The first-order valence-electron chi connectivity index (χ1n) is 4.32. The molecule has 6 heteroatoms. The second-order valence-electron chi connectivity index (χ2n) is 3.04. The first kappa shape index (κ1) is 11.2. The molecule has 16 heavy (non-hydrogen) atoms. The molecular formula is C10H6BrClN2O2. The average Bonchev–Trinajstić information content (AvgIpc) is 2.63. The van der Waals surface area contributed by atoms with Gasteiger partial charge in [0.05, 0.1) is 21.4 Å². The van der Waals surface area contributed by atoms with Crippen molar-refractivity contribution in [3.8, 4) is 5.69 Å². The lowest BCUT2D eigenvalue weighted by atomic mass is 10.2. The molecule has 1 aromatic heterocycles. The molecular weight excluding hydrogens is 295 g/mol. The van der Waals surface area contributed by atoms with Gasteiger partial charge in [0.15, 0.2) is 0 Å². The van der Waals surface area contributed by atoms with Crippen LogP contribution in [-0.4, -0.2) is 20.9 Å². The van der Waals surface area contributed by atoms with Gasteiger partial charge >= 0.3 is 5.97 Å². The fraction of sp³-hybridized carbons (Fsp3) is 0. The first-order chi connectivity index (χ1) is 7.59. The van der Waals surface area contributed by atoms with Gasteiger partial charge < -0.3 is 5.11 Å².